The summed E-state index contributed by atoms with van der Waals surface area (Å²) in [5.74, 6) is 2.23. The van der Waals surface area contributed by atoms with E-state index in [2.05, 4.69) is 37.6 Å². The number of hydrogen-bond acceptors (Lipinski definition) is 11. The lowest BCUT2D eigenvalue weighted by Crippen LogP contribution is -2.27. The summed E-state index contributed by atoms with van der Waals surface area (Å²) in [6.45, 7) is 13.9. The number of nitrogens with one attached hydrogen (secondary N) is 3. The Labute approximate surface area is 350 Å². The number of nitrogens with zero attached hydrogens (tertiary/aromatic N) is 5. The van der Waals surface area contributed by atoms with E-state index in [0.717, 1.165) is 65.2 Å². The first-order chi connectivity index (χ1) is 28.5. The molecular formula is C43H54N8O8S. The van der Waals surface area contributed by atoms with E-state index in [1.807, 2.05) is 83.1 Å². The first kappa shape index (κ1) is 43.8. The van der Waals surface area contributed by atoms with Gasteiger partial charge in [0.25, 0.3) is 10.1 Å². The van der Waals surface area contributed by atoms with Crippen molar-refractivity contribution in [3.8, 4) is 5.75 Å². The first-order valence-electron chi connectivity index (χ1n) is 20.1. The fraction of sp³-hybridized carbons (Fsp3) is 0.442. The van der Waals surface area contributed by atoms with Gasteiger partial charge in [-0.25, -0.2) is 9.48 Å². The maximum atomic E-state index is 12.3. The molecule has 4 N–H and O–H groups in total. The van der Waals surface area contributed by atoms with Gasteiger partial charge < -0.3 is 19.3 Å². The Morgan fingerprint density at radius 1 is 1.03 bits per heavy atom. The van der Waals surface area contributed by atoms with Crippen molar-refractivity contribution in [2.75, 3.05) is 16.4 Å². The second-order valence-electron chi connectivity index (χ2n) is 16.6. The number of allylic oxidation sites excluding steroid dienone is 1. The van der Waals surface area contributed by atoms with Gasteiger partial charge in [0, 0.05) is 47.5 Å². The van der Waals surface area contributed by atoms with Crippen LogP contribution in [0.5, 0.6) is 5.75 Å². The molecule has 4 atom stereocenters. The molecule has 0 bridgehead atoms. The molecule has 4 aromatic heterocycles. The van der Waals surface area contributed by atoms with Crippen LogP contribution in [-0.2, 0) is 38.2 Å². The molecule has 1 aromatic carbocycles. The van der Waals surface area contributed by atoms with Crippen molar-refractivity contribution in [3.63, 3.8) is 0 Å². The second kappa shape index (κ2) is 19.1. The molecule has 0 spiro atoms. The zero-order valence-corrected chi connectivity index (χ0v) is 35.5. The van der Waals surface area contributed by atoms with Crippen LogP contribution in [0.4, 0.5) is 16.4 Å². The normalized spacial score (nSPS) is 19.0. The number of H-pyrrole nitrogens is 1. The maximum Gasteiger partial charge on any atom is 0.413 e. The molecule has 320 valence electrons. The van der Waals surface area contributed by atoms with E-state index in [1.165, 1.54) is 0 Å². The van der Waals surface area contributed by atoms with Crippen molar-refractivity contribution in [1.82, 2.24) is 30.1 Å². The standard InChI is InChI=1S/C22H25N5O3.C21H29N3O5S/c1-13(2)18-6-7-23-12-20(18)29-16-5-4-15(9-16)19-11-21(26-25-19)24-22(28)10-17-8-14(3)27-30-17;1-21(2,3)24-19(22-20(25)29-13-15-7-5-4-6-8-15)12-18(23-24)17-10-9-16(11-17)14-30(26,27)28/h6-8,11-12,15-16H,1,4-5,9-10H2,2-3H3,(H2,24,25,26,28);4-8,12,16-17H,9-11,13-14H2,1-3H3,(H,22,25)(H,26,27,28)/t15-,16+;16-,17-/m10/s1. The number of aromatic amines is 1. The second-order valence-corrected chi connectivity index (χ2v) is 18.1. The SMILES string of the molecule is C=C(C)c1ccncc1O[C@H]1CC[C@@H](c2cc(NC(=O)Cc3cc(C)no3)n[nH]2)C1.CC(C)(C)n1nc([C@H]2CC[C@H](CS(=O)(=O)O)C2)cc1NC(=O)OCc1ccccc1. The van der Waals surface area contributed by atoms with Gasteiger partial charge in [0.1, 0.15) is 23.9 Å². The van der Waals surface area contributed by atoms with E-state index in [0.29, 0.717) is 36.2 Å². The third kappa shape index (κ3) is 12.4. The highest BCUT2D eigenvalue weighted by molar-refractivity contribution is 7.85. The van der Waals surface area contributed by atoms with Crippen LogP contribution < -0.4 is 15.4 Å². The molecule has 17 heteroatoms. The number of benzene rings is 1. The first-order valence-corrected chi connectivity index (χ1v) is 21.7. The molecule has 0 unspecified atom stereocenters. The van der Waals surface area contributed by atoms with Gasteiger partial charge in [-0.2, -0.15) is 18.6 Å². The summed E-state index contributed by atoms with van der Waals surface area (Å²) in [6.07, 6.45) is 8.11. The zero-order valence-electron chi connectivity index (χ0n) is 34.7. The minimum Gasteiger partial charge on any atom is -0.488 e. The minimum absolute atomic E-state index is 0.0845. The molecule has 16 nitrogen and oxygen atoms in total. The van der Waals surface area contributed by atoms with Crippen LogP contribution in [0.2, 0.25) is 0 Å². The topological polar surface area (TPSA) is 216 Å². The van der Waals surface area contributed by atoms with Crippen molar-refractivity contribution in [3.05, 3.63) is 108 Å². The van der Waals surface area contributed by atoms with Gasteiger partial charge in [-0.3, -0.25) is 24.7 Å². The molecule has 0 aliphatic heterocycles. The smallest absolute Gasteiger partial charge is 0.413 e. The van der Waals surface area contributed by atoms with Crippen molar-refractivity contribution in [2.45, 2.75) is 110 Å². The van der Waals surface area contributed by atoms with Gasteiger partial charge in [-0.15, -0.1) is 0 Å². The van der Waals surface area contributed by atoms with Gasteiger partial charge >= 0.3 is 6.09 Å². The molecular weight excluding hydrogens is 789 g/mol. The summed E-state index contributed by atoms with van der Waals surface area (Å²) < 4.78 is 49.8. The van der Waals surface area contributed by atoms with E-state index in [9.17, 15) is 18.0 Å². The van der Waals surface area contributed by atoms with Crippen molar-refractivity contribution < 1.29 is 36.6 Å². The molecule has 2 aliphatic carbocycles. The van der Waals surface area contributed by atoms with Crippen LogP contribution in [0.3, 0.4) is 0 Å². The van der Waals surface area contributed by atoms with E-state index in [1.54, 1.807) is 23.1 Å². The highest BCUT2D eigenvalue weighted by atomic mass is 32.2. The van der Waals surface area contributed by atoms with Crippen LogP contribution in [0.25, 0.3) is 5.57 Å². The largest absolute Gasteiger partial charge is 0.488 e. The number of carbonyl (C=O) groups excluding carboxylic acids is 2. The fourth-order valence-electron chi connectivity index (χ4n) is 7.65. The van der Waals surface area contributed by atoms with Gasteiger partial charge in [0.15, 0.2) is 5.82 Å². The summed E-state index contributed by atoms with van der Waals surface area (Å²) >= 11 is 0. The average molecular weight is 843 g/mol. The monoisotopic (exact) mass is 842 g/mol. The van der Waals surface area contributed by atoms with Crippen LogP contribution >= 0.6 is 0 Å². The number of ether oxygens (including phenoxy) is 2. The Bertz CT molecular complexity index is 2370. The Morgan fingerprint density at radius 3 is 2.50 bits per heavy atom. The predicted octanol–water partition coefficient (Wildman–Crippen LogP) is 8.19. The summed E-state index contributed by atoms with van der Waals surface area (Å²) in [4.78, 5) is 28.7. The van der Waals surface area contributed by atoms with E-state index in [-0.39, 0.29) is 48.2 Å². The molecule has 4 heterocycles. The molecule has 5 aromatic rings. The van der Waals surface area contributed by atoms with Gasteiger partial charge in [0.05, 0.1) is 41.4 Å². The van der Waals surface area contributed by atoms with Gasteiger partial charge in [-0.1, -0.05) is 42.1 Å². The zero-order chi connectivity index (χ0) is 43.0. The maximum absolute atomic E-state index is 12.3. The van der Waals surface area contributed by atoms with Crippen LogP contribution in [-0.4, -0.2) is 66.9 Å². The fourth-order valence-corrected chi connectivity index (χ4v) is 8.54. The molecule has 0 radical (unpaired) electrons. The lowest BCUT2D eigenvalue weighted by Gasteiger charge is -2.22. The third-order valence-electron chi connectivity index (χ3n) is 10.5. The number of amides is 2. The third-order valence-corrected chi connectivity index (χ3v) is 11.3. The number of aromatic nitrogens is 6. The van der Waals surface area contributed by atoms with Crippen LogP contribution in [0, 0.1) is 12.8 Å². The van der Waals surface area contributed by atoms with Crippen molar-refractivity contribution in [2.24, 2.45) is 5.92 Å². The number of pyridine rings is 1. The average Bonchev–Trinajstić information content (AvgIpc) is 4.03. The lowest BCUT2D eigenvalue weighted by atomic mass is 10.0. The minimum atomic E-state index is -3.98. The Kier molecular flexibility index (Phi) is 13.9. The molecule has 60 heavy (non-hydrogen) atoms. The molecule has 2 fully saturated rings. The summed E-state index contributed by atoms with van der Waals surface area (Å²) in [7, 11) is -3.98. The number of anilines is 2. The van der Waals surface area contributed by atoms with Gasteiger partial charge in [-0.05, 0) is 96.3 Å². The molecule has 7 rings (SSSR count). The highest BCUT2D eigenvalue weighted by Gasteiger charge is 2.33. The summed E-state index contributed by atoms with van der Waals surface area (Å²) in [5, 5.41) is 21.3. The van der Waals surface area contributed by atoms with Crippen LogP contribution in [0.15, 0.2) is 78.1 Å². The number of hydrogen-bond donors (Lipinski definition) is 4. The molecule has 0 saturated heterocycles. The van der Waals surface area contributed by atoms with Crippen molar-refractivity contribution in [1.29, 1.82) is 0 Å². The van der Waals surface area contributed by atoms with E-state index < -0.39 is 16.2 Å². The number of carbonyl (C=O) groups is 2. The Morgan fingerprint density at radius 2 is 1.80 bits per heavy atom. The molecule has 2 amide bonds. The molecule has 2 aliphatic rings. The summed E-state index contributed by atoms with van der Waals surface area (Å²) in [6, 6.07) is 16.8. The Hall–Kier alpha value is -5.81. The van der Waals surface area contributed by atoms with Gasteiger partial charge in [0.2, 0.25) is 5.91 Å². The quantitative estimate of drug-likeness (QED) is 0.0826. The van der Waals surface area contributed by atoms with E-state index >= 15 is 0 Å². The predicted molar refractivity (Wildman–Crippen MR) is 226 cm³/mol. The van der Waals surface area contributed by atoms with Crippen LogP contribution in [0.1, 0.15) is 112 Å². The van der Waals surface area contributed by atoms with E-state index in [4.69, 9.17) is 23.6 Å². The van der Waals surface area contributed by atoms with Crippen molar-refractivity contribution >= 4 is 39.3 Å². The number of rotatable bonds is 13. The number of aryl methyl sites for hydroxylation is 1. The highest BCUT2D eigenvalue weighted by Crippen LogP contribution is 2.40. The summed E-state index contributed by atoms with van der Waals surface area (Å²) in [5.41, 5.74) is 5.03. The Balaban J connectivity index is 0.000000201. The molecule has 2 saturated carbocycles. The lowest BCUT2D eigenvalue weighted by molar-refractivity contribution is -0.115.